The largest absolute Gasteiger partial charge is 0.464 e. The zero-order valence-corrected chi connectivity index (χ0v) is 12.1. The Morgan fingerprint density at radius 1 is 1.50 bits per heavy atom. The van der Waals surface area contributed by atoms with Crippen LogP contribution in [0.5, 0.6) is 0 Å². The van der Waals surface area contributed by atoms with Crippen LogP contribution in [-0.4, -0.2) is 31.5 Å². The maximum absolute atomic E-state index is 12.1. The molecule has 106 valence electrons. The van der Waals surface area contributed by atoms with Gasteiger partial charge in [-0.2, -0.15) is 0 Å². The van der Waals surface area contributed by atoms with Crippen molar-refractivity contribution < 1.29 is 17.9 Å². The average molecular weight is 313 g/mol. The van der Waals surface area contributed by atoms with Gasteiger partial charge in [0.15, 0.2) is 9.90 Å². The van der Waals surface area contributed by atoms with Gasteiger partial charge in [0, 0.05) is 18.9 Å². The number of aromatic nitrogens is 2. The maximum Gasteiger partial charge on any atom is 0.358 e. The molecule has 0 saturated carbocycles. The highest BCUT2D eigenvalue weighted by atomic mass is 32.2. The molecule has 20 heavy (non-hydrogen) atoms. The Morgan fingerprint density at radius 3 is 2.95 bits per heavy atom. The number of hydrogen-bond acceptors (Lipinski definition) is 7. The molecule has 2 heterocycles. The Bertz CT molecular complexity index is 697. The first-order valence-electron chi connectivity index (χ1n) is 5.45. The zero-order valence-electron chi connectivity index (χ0n) is 10.4. The Hall–Kier alpha value is -1.84. The molecule has 0 unspecified atom stereocenters. The van der Waals surface area contributed by atoms with Crippen molar-refractivity contribution in [2.24, 2.45) is 0 Å². The molecule has 9 heteroatoms. The number of pyridine rings is 1. The highest BCUT2D eigenvalue weighted by Gasteiger charge is 2.26. The molecule has 0 amide bonds. The molecule has 0 aliphatic heterocycles. The standard InChI is InChI=1S/C11H11N3O4S2/c1-18-10(15)9-11(19-7-13-9)20(16,17)14-6-8-3-2-4-12-5-8/h2-5,7,14H,6H2,1H3. The van der Waals surface area contributed by atoms with E-state index in [4.69, 9.17) is 0 Å². The summed E-state index contributed by atoms with van der Waals surface area (Å²) in [4.78, 5) is 19.0. The normalized spacial score (nSPS) is 11.2. The Balaban J connectivity index is 2.19. The molecule has 0 radical (unpaired) electrons. The molecule has 0 aliphatic rings. The topological polar surface area (TPSA) is 98.2 Å². The lowest BCUT2D eigenvalue weighted by atomic mass is 10.3. The molecule has 2 aromatic rings. The second-order valence-electron chi connectivity index (χ2n) is 3.67. The van der Waals surface area contributed by atoms with E-state index in [1.165, 1.54) is 12.6 Å². The fourth-order valence-electron chi connectivity index (χ4n) is 1.41. The minimum Gasteiger partial charge on any atom is -0.464 e. The van der Waals surface area contributed by atoms with Crippen molar-refractivity contribution in [3.8, 4) is 0 Å². The molecule has 0 aromatic carbocycles. The second kappa shape index (κ2) is 6.07. The van der Waals surface area contributed by atoms with E-state index in [0.717, 1.165) is 11.3 Å². The first-order chi connectivity index (χ1) is 9.54. The highest BCUT2D eigenvalue weighted by Crippen LogP contribution is 2.20. The van der Waals surface area contributed by atoms with E-state index in [-0.39, 0.29) is 16.4 Å². The Morgan fingerprint density at radius 2 is 2.30 bits per heavy atom. The number of carbonyl (C=O) groups is 1. The van der Waals surface area contributed by atoms with E-state index in [1.54, 1.807) is 24.5 Å². The van der Waals surface area contributed by atoms with Gasteiger partial charge < -0.3 is 4.74 Å². The second-order valence-corrected chi connectivity index (χ2v) is 6.48. The minimum atomic E-state index is -3.82. The number of nitrogens with one attached hydrogen (secondary N) is 1. The number of carbonyl (C=O) groups excluding carboxylic acids is 1. The van der Waals surface area contributed by atoms with Crippen molar-refractivity contribution in [2.45, 2.75) is 10.8 Å². The molecule has 0 fully saturated rings. The van der Waals surface area contributed by atoms with E-state index in [1.807, 2.05) is 0 Å². The molecule has 1 N–H and O–H groups in total. The average Bonchev–Trinajstić information content (AvgIpc) is 2.96. The van der Waals surface area contributed by atoms with Crippen LogP contribution >= 0.6 is 11.3 Å². The van der Waals surface area contributed by atoms with Crippen LogP contribution in [-0.2, 0) is 21.3 Å². The van der Waals surface area contributed by atoms with Gasteiger partial charge in [-0.25, -0.2) is 22.9 Å². The fourth-order valence-corrected chi connectivity index (χ4v) is 3.60. The third-order valence-electron chi connectivity index (χ3n) is 2.35. The van der Waals surface area contributed by atoms with Crippen LogP contribution in [0.3, 0.4) is 0 Å². The summed E-state index contributed by atoms with van der Waals surface area (Å²) in [5.74, 6) is -0.784. The van der Waals surface area contributed by atoms with Gasteiger partial charge in [0.1, 0.15) is 0 Å². The van der Waals surface area contributed by atoms with Crippen LogP contribution in [0, 0.1) is 0 Å². The van der Waals surface area contributed by atoms with E-state index >= 15 is 0 Å². The first kappa shape index (κ1) is 14.6. The van der Waals surface area contributed by atoms with Crippen molar-refractivity contribution in [3.63, 3.8) is 0 Å². The van der Waals surface area contributed by atoms with E-state index < -0.39 is 16.0 Å². The van der Waals surface area contributed by atoms with Crippen molar-refractivity contribution in [2.75, 3.05) is 7.11 Å². The number of hydrogen-bond donors (Lipinski definition) is 1. The summed E-state index contributed by atoms with van der Waals surface area (Å²) < 4.78 is 31.0. The Kier molecular flexibility index (Phi) is 4.42. The van der Waals surface area contributed by atoms with Crippen LogP contribution < -0.4 is 4.72 Å². The van der Waals surface area contributed by atoms with E-state index in [0.29, 0.717) is 5.56 Å². The third kappa shape index (κ3) is 3.18. The van der Waals surface area contributed by atoms with E-state index in [2.05, 4.69) is 19.4 Å². The molecule has 7 nitrogen and oxygen atoms in total. The van der Waals surface area contributed by atoms with Crippen molar-refractivity contribution in [3.05, 3.63) is 41.3 Å². The van der Waals surface area contributed by atoms with Gasteiger partial charge in [-0.15, -0.1) is 11.3 Å². The summed E-state index contributed by atoms with van der Waals surface area (Å²) in [5.41, 5.74) is 1.78. The fraction of sp³-hybridized carbons (Fsp3) is 0.182. The number of sulfonamides is 1. The number of rotatable bonds is 5. The van der Waals surface area contributed by atoms with Gasteiger partial charge in [0.25, 0.3) is 10.0 Å². The lowest BCUT2D eigenvalue weighted by Gasteiger charge is -2.05. The molecular weight excluding hydrogens is 302 g/mol. The lowest BCUT2D eigenvalue weighted by Crippen LogP contribution is -2.24. The van der Waals surface area contributed by atoms with Crippen molar-refractivity contribution in [1.29, 1.82) is 0 Å². The molecule has 0 bridgehead atoms. The predicted octanol–water partition coefficient (Wildman–Crippen LogP) is 0.803. The number of nitrogens with zero attached hydrogens (tertiary/aromatic N) is 2. The van der Waals surface area contributed by atoms with Crippen LogP contribution in [0.4, 0.5) is 0 Å². The lowest BCUT2D eigenvalue weighted by molar-refractivity contribution is 0.0590. The smallest absolute Gasteiger partial charge is 0.358 e. The third-order valence-corrected chi connectivity index (χ3v) is 5.12. The van der Waals surface area contributed by atoms with Crippen LogP contribution in [0.2, 0.25) is 0 Å². The molecular formula is C11H11N3O4S2. The molecule has 0 aliphatic carbocycles. The van der Waals surface area contributed by atoms with Crippen LogP contribution in [0.1, 0.15) is 16.1 Å². The van der Waals surface area contributed by atoms with E-state index in [9.17, 15) is 13.2 Å². The SMILES string of the molecule is COC(=O)c1ncsc1S(=O)(=O)NCc1cccnc1. The molecule has 0 saturated heterocycles. The van der Waals surface area contributed by atoms with Gasteiger partial charge in [0.05, 0.1) is 12.6 Å². The van der Waals surface area contributed by atoms with Gasteiger partial charge >= 0.3 is 5.97 Å². The predicted molar refractivity (Wildman–Crippen MR) is 71.7 cm³/mol. The van der Waals surface area contributed by atoms with Gasteiger partial charge in [-0.05, 0) is 11.6 Å². The van der Waals surface area contributed by atoms with Crippen molar-refractivity contribution >= 4 is 27.3 Å². The number of thiazole rings is 1. The van der Waals surface area contributed by atoms with Crippen molar-refractivity contribution in [1.82, 2.24) is 14.7 Å². The van der Waals surface area contributed by atoms with Crippen LogP contribution in [0.15, 0.2) is 34.2 Å². The molecule has 2 rings (SSSR count). The summed E-state index contributed by atoms with van der Waals surface area (Å²) in [6.07, 6.45) is 3.15. The molecule has 2 aromatic heterocycles. The number of ether oxygens (including phenoxy) is 1. The summed E-state index contributed by atoms with van der Waals surface area (Å²) in [5, 5.41) is 0. The Labute approximate surface area is 119 Å². The summed E-state index contributed by atoms with van der Waals surface area (Å²) in [7, 11) is -2.66. The minimum absolute atomic E-state index is 0.0781. The van der Waals surface area contributed by atoms with Gasteiger partial charge in [0.2, 0.25) is 0 Å². The summed E-state index contributed by atoms with van der Waals surface area (Å²) in [6.45, 7) is 0.0781. The van der Waals surface area contributed by atoms with Gasteiger partial charge in [-0.3, -0.25) is 4.98 Å². The monoisotopic (exact) mass is 313 g/mol. The first-order valence-corrected chi connectivity index (χ1v) is 7.81. The number of esters is 1. The molecule has 0 spiro atoms. The summed E-state index contributed by atoms with van der Waals surface area (Å²) >= 11 is 0.857. The van der Waals surface area contributed by atoms with Gasteiger partial charge in [-0.1, -0.05) is 6.07 Å². The quantitative estimate of drug-likeness (QED) is 0.820. The highest BCUT2D eigenvalue weighted by molar-refractivity contribution is 7.91. The maximum atomic E-state index is 12.1. The summed E-state index contributed by atoms with van der Waals surface area (Å²) in [6, 6.07) is 3.44. The zero-order chi connectivity index (χ0) is 14.6. The molecule has 0 atom stereocenters. The van der Waals surface area contributed by atoms with Crippen LogP contribution in [0.25, 0.3) is 0 Å². The number of methoxy groups -OCH3 is 1.